The molecule has 1 aliphatic rings. The number of imidazole rings is 1. The maximum absolute atomic E-state index is 12.1. The van der Waals surface area contributed by atoms with E-state index in [1.54, 1.807) is 18.5 Å². The number of amides is 1. The van der Waals surface area contributed by atoms with E-state index in [1.807, 2.05) is 39.2 Å². The Morgan fingerprint density at radius 2 is 2.03 bits per heavy atom. The quantitative estimate of drug-likeness (QED) is 0.548. The van der Waals surface area contributed by atoms with Crippen LogP contribution in [0.4, 0.5) is 10.5 Å². The fraction of sp³-hybridized carbons (Fsp3) is 0.500. The van der Waals surface area contributed by atoms with Gasteiger partial charge in [-0.05, 0) is 48.8 Å². The minimum absolute atomic E-state index is 0.00988. The van der Waals surface area contributed by atoms with Crippen molar-refractivity contribution >= 4 is 22.8 Å². The first-order valence-corrected chi connectivity index (χ1v) is 11.8. The van der Waals surface area contributed by atoms with Crippen molar-refractivity contribution in [1.82, 2.24) is 19.5 Å². The van der Waals surface area contributed by atoms with Gasteiger partial charge in [0, 0.05) is 18.5 Å². The van der Waals surface area contributed by atoms with E-state index in [0.717, 1.165) is 43.3 Å². The van der Waals surface area contributed by atoms with Crippen LogP contribution in [0.5, 0.6) is 0 Å². The van der Waals surface area contributed by atoms with Gasteiger partial charge in [-0.25, -0.2) is 19.7 Å². The molecule has 2 heterocycles. The Kier molecular flexibility index (Phi) is 6.30. The van der Waals surface area contributed by atoms with Crippen LogP contribution in [-0.4, -0.2) is 37.3 Å². The van der Waals surface area contributed by atoms with E-state index < -0.39 is 6.09 Å². The van der Waals surface area contributed by atoms with Crippen LogP contribution in [0.15, 0.2) is 36.9 Å². The van der Waals surface area contributed by atoms with Gasteiger partial charge in [0.15, 0.2) is 0 Å². The Morgan fingerprint density at radius 1 is 1.29 bits per heavy atom. The van der Waals surface area contributed by atoms with Gasteiger partial charge < -0.3 is 9.67 Å². The van der Waals surface area contributed by atoms with Gasteiger partial charge in [-0.3, -0.25) is 4.90 Å². The van der Waals surface area contributed by atoms with Gasteiger partial charge in [0.05, 0.1) is 47.1 Å². The summed E-state index contributed by atoms with van der Waals surface area (Å²) in [6.45, 7) is 9.57. The highest BCUT2D eigenvalue weighted by molar-refractivity contribution is 5.85. The molecule has 2 aromatic heterocycles. The molecule has 3 aromatic rings. The molecule has 2 atom stereocenters. The van der Waals surface area contributed by atoms with E-state index >= 15 is 0 Å². The lowest BCUT2D eigenvalue weighted by Gasteiger charge is -2.40. The zero-order valence-corrected chi connectivity index (χ0v) is 20.3. The number of hydrogen-bond donors (Lipinski definition) is 1. The van der Waals surface area contributed by atoms with Crippen molar-refractivity contribution in [1.29, 1.82) is 5.26 Å². The smallest absolute Gasteiger partial charge is 0.411 e. The second kappa shape index (κ2) is 9.05. The summed E-state index contributed by atoms with van der Waals surface area (Å²) < 4.78 is 2.13. The van der Waals surface area contributed by atoms with Crippen molar-refractivity contribution in [3.05, 3.63) is 48.3 Å². The van der Waals surface area contributed by atoms with Crippen LogP contribution < -0.4 is 4.90 Å². The van der Waals surface area contributed by atoms with Crippen LogP contribution in [0.1, 0.15) is 64.8 Å². The fourth-order valence-corrected chi connectivity index (χ4v) is 5.08. The minimum Gasteiger partial charge on any atom is -0.465 e. The molecule has 0 bridgehead atoms. The van der Waals surface area contributed by atoms with E-state index in [0.29, 0.717) is 23.6 Å². The Labute approximate surface area is 200 Å². The van der Waals surface area contributed by atoms with E-state index in [2.05, 4.69) is 32.5 Å². The molecule has 1 N–H and O–H groups in total. The number of rotatable bonds is 5. The van der Waals surface area contributed by atoms with E-state index in [4.69, 9.17) is 0 Å². The van der Waals surface area contributed by atoms with Gasteiger partial charge in [0.25, 0.3) is 0 Å². The van der Waals surface area contributed by atoms with Crippen LogP contribution in [0.25, 0.3) is 11.0 Å². The van der Waals surface area contributed by atoms with Crippen LogP contribution in [0.2, 0.25) is 0 Å². The topological polar surface area (TPSA) is 108 Å². The second-order valence-corrected chi connectivity index (χ2v) is 10.9. The third-order valence-electron chi connectivity index (χ3n) is 6.77. The molecule has 0 aliphatic heterocycles. The highest BCUT2D eigenvalue weighted by atomic mass is 16.4. The van der Waals surface area contributed by atoms with Crippen molar-refractivity contribution < 1.29 is 9.90 Å². The number of carbonyl (C=O) groups is 1. The molecule has 0 saturated heterocycles. The highest BCUT2D eigenvalue weighted by Crippen LogP contribution is 2.41. The number of nitrogens with zero attached hydrogens (tertiary/aromatic N) is 6. The summed E-state index contributed by atoms with van der Waals surface area (Å²) in [5, 5.41) is 19.2. The Bertz CT molecular complexity index is 1220. The third-order valence-corrected chi connectivity index (χ3v) is 6.77. The second-order valence-electron chi connectivity index (χ2n) is 10.9. The van der Waals surface area contributed by atoms with Gasteiger partial charge in [0.1, 0.15) is 5.82 Å². The monoisotopic (exact) mass is 460 g/mol. The summed E-state index contributed by atoms with van der Waals surface area (Å²) in [6, 6.07) is 7.76. The molecule has 1 fully saturated rings. The SMILES string of the molecule is CC1(Cn2cnc3ccc(C#N)cc32)CCCC(CN(C(=O)O)c2cnc(C(C)(C)C)nc2)C1. The van der Waals surface area contributed by atoms with Gasteiger partial charge >= 0.3 is 6.09 Å². The molecule has 1 amide bonds. The molecule has 0 spiro atoms. The van der Waals surface area contributed by atoms with E-state index in [1.165, 1.54) is 4.90 Å². The maximum atomic E-state index is 12.1. The summed E-state index contributed by atoms with van der Waals surface area (Å²) in [6.07, 6.45) is 8.12. The summed E-state index contributed by atoms with van der Waals surface area (Å²) in [5.41, 5.74) is 2.80. The van der Waals surface area contributed by atoms with Gasteiger partial charge in [-0.1, -0.05) is 34.1 Å². The summed E-state index contributed by atoms with van der Waals surface area (Å²) in [5.74, 6) is 0.931. The molecule has 1 aliphatic carbocycles. The normalized spacial score (nSPS) is 20.7. The predicted octanol–water partition coefficient (Wildman–Crippen LogP) is 5.38. The largest absolute Gasteiger partial charge is 0.465 e. The number of nitriles is 1. The fourth-order valence-electron chi connectivity index (χ4n) is 5.08. The average Bonchev–Trinajstić information content (AvgIpc) is 3.18. The minimum atomic E-state index is -0.982. The van der Waals surface area contributed by atoms with Gasteiger partial charge in [0.2, 0.25) is 0 Å². The summed E-state index contributed by atoms with van der Waals surface area (Å²) in [7, 11) is 0. The standard InChI is InChI=1S/C26H32N6O2/c1-25(2,3)23-28-13-20(14-29-23)32(24(33)34)15-19-6-5-9-26(4,11-19)16-31-17-30-21-8-7-18(12-27)10-22(21)31/h7-8,10,13-14,17,19H,5-6,9,11,15-16H2,1-4H3,(H,33,34). The summed E-state index contributed by atoms with van der Waals surface area (Å²) >= 11 is 0. The lowest BCUT2D eigenvalue weighted by atomic mass is 9.70. The lowest BCUT2D eigenvalue weighted by molar-refractivity contribution is 0.136. The number of fused-ring (bicyclic) bond motifs is 1. The number of anilines is 1. The number of hydrogen-bond acceptors (Lipinski definition) is 5. The number of benzene rings is 1. The average molecular weight is 461 g/mol. The number of aromatic nitrogens is 4. The lowest BCUT2D eigenvalue weighted by Crippen LogP contribution is -2.39. The van der Waals surface area contributed by atoms with Gasteiger partial charge in [-0.2, -0.15) is 5.26 Å². The first-order chi connectivity index (χ1) is 16.1. The Hall–Kier alpha value is -3.47. The molecule has 8 heteroatoms. The number of carboxylic acid groups (broad SMARTS) is 1. The summed E-state index contributed by atoms with van der Waals surface area (Å²) in [4.78, 5) is 26.8. The maximum Gasteiger partial charge on any atom is 0.411 e. The molecule has 34 heavy (non-hydrogen) atoms. The Morgan fingerprint density at radius 3 is 2.68 bits per heavy atom. The van der Waals surface area contributed by atoms with Crippen LogP contribution in [-0.2, 0) is 12.0 Å². The molecule has 8 nitrogen and oxygen atoms in total. The molecule has 1 aromatic carbocycles. The molecular weight excluding hydrogens is 428 g/mol. The molecule has 2 unspecified atom stereocenters. The molecule has 1 saturated carbocycles. The van der Waals surface area contributed by atoms with Crippen LogP contribution in [0, 0.1) is 22.7 Å². The van der Waals surface area contributed by atoms with Crippen LogP contribution >= 0.6 is 0 Å². The van der Waals surface area contributed by atoms with Crippen molar-refractivity contribution in [3.63, 3.8) is 0 Å². The Balaban J connectivity index is 1.50. The van der Waals surface area contributed by atoms with Crippen LogP contribution in [0.3, 0.4) is 0 Å². The van der Waals surface area contributed by atoms with Crippen molar-refractivity contribution in [3.8, 4) is 6.07 Å². The molecular formula is C26H32N6O2. The predicted molar refractivity (Wildman–Crippen MR) is 131 cm³/mol. The molecule has 4 rings (SSSR count). The van der Waals surface area contributed by atoms with Crippen molar-refractivity contribution in [2.24, 2.45) is 11.3 Å². The first-order valence-electron chi connectivity index (χ1n) is 11.8. The zero-order valence-electron chi connectivity index (χ0n) is 20.3. The van der Waals surface area contributed by atoms with Gasteiger partial charge in [-0.15, -0.1) is 0 Å². The van der Waals surface area contributed by atoms with Crippen molar-refractivity contribution in [2.75, 3.05) is 11.4 Å². The first kappa shape index (κ1) is 23.7. The third kappa shape index (κ3) is 5.04. The highest BCUT2D eigenvalue weighted by Gasteiger charge is 2.35. The zero-order chi connectivity index (χ0) is 24.5. The van der Waals surface area contributed by atoms with Crippen molar-refractivity contribution in [2.45, 2.75) is 65.3 Å². The molecule has 178 valence electrons. The molecule has 0 radical (unpaired) electrons. The van der Waals surface area contributed by atoms with E-state index in [-0.39, 0.29) is 16.7 Å². The van der Waals surface area contributed by atoms with E-state index in [9.17, 15) is 15.2 Å².